The lowest BCUT2D eigenvalue weighted by molar-refractivity contribution is -0.137. The lowest BCUT2D eigenvalue weighted by atomic mass is 10.1. The van der Waals surface area contributed by atoms with Crippen molar-refractivity contribution in [3.8, 4) is 0 Å². The van der Waals surface area contributed by atoms with E-state index in [1.807, 2.05) is 11.8 Å². The molecule has 1 aromatic rings. The summed E-state index contributed by atoms with van der Waals surface area (Å²) in [5.74, 6) is 0. The summed E-state index contributed by atoms with van der Waals surface area (Å²) in [5.41, 5.74) is -0.127. The minimum atomic E-state index is -4.35. The highest BCUT2D eigenvalue weighted by Crippen LogP contribution is 2.31. The normalized spacial score (nSPS) is 15.5. The van der Waals surface area contributed by atoms with Gasteiger partial charge in [0.1, 0.15) is 0 Å². The molecule has 5 nitrogen and oxygen atoms in total. The summed E-state index contributed by atoms with van der Waals surface area (Å²) in [6.45, 7) is 5.33. The fraction of sp³-hybridized carbons (Fsp3) is 0.562. The molecule has 0 aromatic heterocycles. The van der Waals surface area contributed by atoms with Gasteiger partial charge in [-0.25, -0.2) is 4.79 Å². The molecule has 0 aliphatic carbocycles. The third-order valence-corrected chi connectivity index (χ3v) is 3.83. The Bertz CT molecular complexity index is 544. The summed E-state index contributed by atoms with van der Waals surface area (Å²) in [6, 6.07) is 5.11. The molecule has 1 N–H and O–H groups in total. The first kappa shape index (κ1) is 18.4. The van der Waals surface area contributed by atoms with Crippen LogP contribution in [-0.4, -0.2) is 56.9 Å². The molecule has 24 heavy (non-hydrogen) atoms. The van der Waals surface area contributed by atoms with Crippen molar-refractivity contribution in [3.05, 3.63) is 29.8 Å². The lowest BCUT2D eigenvalue weighted by Crippen LogP contribution is -2.52. The molecule has 0 atom stereocenters. The molecule has 2 amide bonds. The minimum Gasteiger partial charge on any atom is -0.380 e. The zero-order valence-corrected chi connectivity index (χ0v) is 13.6. The molecule has 1 aliphatic heterocycles. The smallest absolute Gasteiger partial charge is 0.380 e. The molecule has 0 bridgehead atoms. The molecule has 8 heteroatoms. The van der Waals surface area contributed by atoms with Gasteiger partial charge in [-0.3, -0.25) is 0 Å². The number of benzene rings is 1. The zero-order chi connectivity index (χ0) is 17.6. The van der Waals surface area contributed by atoms with Gasteiger partial charge in [-0.1, -0.05) is 6.07 Å². The number of hydrogen-bond acceptors (Lipinski definition) is 3. The van der Waals surface area contributed by atoms with Crippen molar-refractivity contribution in [1.82, 2.24) is 10.2 Å². The number of carbonyl (C=O) groups excluding carboxylic acids is 1. The van der Waals surface area contributed by atoms with E-state index in [1.165, 1.54) is 6.07 Å². The molecule has 134 valence electrons. The van der Waals surface area contributed by atoms with Crippen LogP contribution in [0.2, 0.25) is 0 Å². The van der Waals surface area contributed by atoms with Crippen molar-refractivity contribution < 1.29 is 22.7 Å². The number of amides is 2. The van der Waals surface area contributed by atoms with Gasteiger partial charge in [-0.05, 0) is 25.1 Å². The highest BCUT2D eigenvalue weighted by Gasteiger charge is 2.31. The van der Waals surface area contributed by atoms with Crippen molar-refractivity contribution in [2.24, 2.45) is 0 Å². The van der Waals surface area contributed by atoms with Crippen LogP contribution in [0.4, 0.5) is 23.7 Å². The van der Waals surface area contributed by atoms with E-state index in [0.29, 0.717) is 51.6 Å². The third kappa shape index (κ3) is 5.02. The second kappa shape index (κ2) is 8.23. The molecule has 1 fully saturated rings. The Morgan fingerprint density at radius 3 is 2.58 bits per heavy atom. The van der Waals surface area contributed by atoms with Crippen LogP contribution in [0.1, 0.15) is 12.5 Å². The Balaban J connectivity index is 1.85. The van der Waals surface area contributed by atoms with Gasteiger partial charge in [-0.15, -0.1) is 0 Å². The molecule has 0 unspecified atom stereocenters. The predicted molar refractivity (Wildman–Crippen MR) is 85.1 cm³/mol. The first-order valence-electron chi connectivity index (χ1n) is 7.94. The van der Waals surface area contributed by atoms with Gasteiger partial charge in [0.25, 0.3) is 0 Å². The Morgan fingerprint density at radius 1 is 1.25 bits per heavy atom. The number of nitrogens with zero attached hydrogens (tertiary/aromatic N) is 2. The number of alkyl halides is 3. The van der Waals surface area contributed by atoms with Crippen LogP contribution in [0.25, 0.3) is 0 Å². The standard InChI is InChI=1S/C16H22F3N3O2/c1-2-24-11-6-20-15(23)22-9-7-21(8-10-22)14-5-3-4-13(12-14)16(17,18)19/h3-5,12H,2,6-11H2,1H3,(H,20,23). The highest BCUT2D eigenvalue weighted by atomic mass is 19.4. The molecule has 0 radical (unpaired) electrons. The number of carbonyl (C=O) groups is 1. The number of nitrogens with one attached hydrogen (secondary N) is 1. The Labute approximate surface area is 139 Å². The predicted octanol–water partition coefficient (Wildman–Crippen LogP) is 2.57. The average Bonchev–Trinajstić information content (AvgIpc) is 2.58. The van der Waals surface area contributed by atoms with E-state index >= 15 is 0 Å². The zero-order valence-electron chi connectivity index (χ0n) is 13.6. The van der Waals surface area contributed by atoms with Gasteiger partial charge < -0.3 is 19.9 Å². The number of halogens is 3. The van der Waals surface area contributed by atoms with E-state index in [9.17, 15) is 18.0 Å². The topological polar surface area (TPSA) is 44.8 Å². The molecule has 2 rings (SSSR count). The first-order chi connectivity index (χ1) is 11.4. The van der Waals surface area contributed by atoms with Crippen LogP contribution in [0.15, 0.2) is 24.3 Å². The number of rotatable bonds is 5. The second-order valence-electron chi connectivity index (χ2n) is 5.45. The summed E-state index contributed by atoms with van der Waals surface area (Å²) in [5, 5.41) is 2.77. The van der Waals surface area contributed by atoms with Crippen LogP contribution in [0.3, 0.4) is 0 Å². The van der Waals surface area contributed by atoms with Gasteiger partial charge in [0, 0.05) is 45.0 Å². The van der Waals surface area contributed by atoms with Crippen LogP contribution in [0, 0.1) is 0 Å². The molecule has 0 saturated carbocycles. The summed E-state index contributed by atoms with van der Waals surface area (Å²) in [6.07, 6.45) is -4.35. The van der Waals surface area contributed by atoms with Gasteiger partial charge in [0.05, 0.1) is 12.2 Å². The van der Waals surface area contributed by atoms with Crippen molar-refractivity contribution in [2.75, 3.05) is 50.8 Å². The third-order valence-electron chi connectivity index (χ3n) is 3.83. The number of hydrogen-bond donors (Lipinski definition) is 1. The van der Waals surface area contributed by atoms with Crippen molar-refractivity contribution in [3.63, 3.8) is 0 Å². The van der Waals surface area contributed by atoms with E-state index < -0.39 is 11.7 Å². The van der Waals surface area contributed by atoms with E-state index in [-0.39, 0.29) is 6.03 Å². The molecular formula is C16H22F3N3O2. The number of anilines is 1. The van der Waals surface area contributed by atoms with Crippen LogP contribution in [-0.2, 0) is 10.9 Å². The van der Waals surface area contributed by atoms with Gasteiger partial charge in [-0.2, -0.15) is 13.2 Å². The van der Waals surface area contributed by atoms with E-state index in [4.69, 9.17) is 4.74 Å². The summed E-state index contributed by atoms with van der Waals surface area (Å²) < 4.78 is 43.5. The lowest BCUT2D eigenvalue weighted by Gasteiger charge is -2.36. The molecule has 0 spiro atoms. The van der Waals surface area contributed by atoms with Crippen molar-refractivity contribution in [1.29, 1.82) is 0 Å². The maximum absolute atomic E-state index is 12.8. The number of ether oxygens (including phenoxy) is 1. The second-order valence-corrected chi connectivity index (χ2v) is 5.45. The Kier molecular flexibility index (Phi) is 6.30. The fourth-order valence-electron chi connectivity index (χ4n) is 2.53. The SMILES string of the molecule is CCOCCNC(=O)N1CCN(c2cccc(C(F)(F)F)c2)CC1. The fourth-order valence-corrected chi connectivity index (χ4v) is 2.53. The maximum Gasteiger partial charge on any atom is 0.416 e. The largest absolute Gasteiger partial charge is 0.416 e. The van der Waals surface area contributed by atoms with Gasteiger partial charge >= 0.3 is 12.2 Å². The van der Waals surface area contributed by atoms with Gasteiger partial charge in [0.2, 0.25) is 0 Å². The van der Waals surface area contributed by atoms with Crippen molar-refractivity contribution >= 4 is 11.7 Å². The monoisotopic (exact) mass is 345 g/mol. The quantitative estimate of drug-likeness (QED) is 0.835. The Hall–Kier alpha value is -1.96. The van der Waals surface area contributed by atoms with E-state index in [1.54, 1.807) is 11.0 Å². The van der Waals surface area contributed by atoms with Crippen LogP contribution >= 0.6 is 0 Å². The van der Waals surface area contributed by atoms with Crippen molar-refractivity contribution in [2.45, 2.75) is 13.1 Å². The molecule has 1 aromatic carbocycles. The summed E-state index contributed by atoms with van der Waals surface area (Å²) in [4.78, 5) is 15.5. The number of urea groups is 1. The van der Waals surface area contributed by atoms with Gasteiger partial charge in [0.15, 0.2) is 0 Å². The molecule has 1 heterocycles. The van der Waals surface area contributed by atoms with E-state index in [2.05, 4.69) is 5.32 Å². The summed E-state index contributed by atoms with van der Waals surface area (Å²) >= 11 is 0. The highest BCUT2D eigenvalue weighted by molar-refractivity contribution is 5.74. The molecule has 1 aliphatic rings. The Morgan fingerprint density at radius 2 is 1.96 bits per heavy atom. The first-order valence-corrected chi connectivity index (χ1v) is 7.94. The molecular weight excluding hydrogens is 323 g/mol. The molecule has 1 saturated heterocycles. The average molecular weight is 345 g/mol. The van der Waals surface area contributed by atoms with Crippen LogP contribution in [0.5, 0.6) is 0 Å². The maximum atomic E-state index is 12.8. The van der Waals surface area contributed by atoms with E-state index in [0.717, 1.165) is 12.1 Å². The van der Waals surface area contributed by atoms with Crippen LogP contribution < -0.4 is 10.2 Å². The minimum absolute atomic E-state index is 0.168. The number of piperazine rings is 1. The summed E-state index contributed by atoms with van der Waals surface area (Å²) in [7, 11) is 0.